The van der Waals surface area contributed by atoms with Crippen molar-refractivity contribution in [3.63, 3.8) is 0 Å². The number of ether oxygens (including phenoxy) is 2. The molecular weight excluding hydrogens is 318 g/mol. The Kier molecular flexibility index (Phi) is 4.01. The van der Waals surface area contributed by atoms with Crippen LogP contribution in [0.3, 0.4) is 0 Å². The predicted molar refractivity (Wildman–Crippen MR) is 94.9 cm³/mol. The highest BCUT2D eigenvalue weighted by atomic mass is 16.7. The average molecular weight is 337 g/mol. The van der Waals surface area contributed by atoms with Crippen LogP contribution in [-0.2, 0) is 17.8 Å². The summed E-state index contributed by atoms with van der Waals surface area (Å²) in [6.45, 7) is 3.10. The van der Waals surface area contributed by atoms with E-state index in [1.54, 1.807) is 0 Å². The monoisotopic (exact) mass is 337 g/mol. The Hall–Kier alpha value is -3.02. The quantitative estimate of drug-likeness (QED) is 0.775. The fourth-order valence-electron chi connectivity index (χ4n) is 2.98. The third kappa shape index (κ3) is 3.15. The summed E-state index contributed by atoms with van der Waals surface area (Å²) < 4.78 is 12.6. The van der Waals surface area contributed by atoms with E-state index in [-0.39, 0.29) is 12.7 Å². The Morgan fingerprint density at radius 3 is 2.96 bits per heavy atom. The molecule has 0 bridgehead atoms. The minimum Gasteiger partial charge on any atom is -0.454 e. The van der Waals surface area contributed by atoms with E-state index >= 15 is 0 Å². The van der Waals surface area contributed by atoms with E-state index in [0.717, 1.165) is 40.2 Å². The van der Waals surface area contributed by atoms with Crippen molar-refractivity contribution in [1.29, 1.82) is 0 Å². The number of rotatable bonds is 5. The topological polar surface area (TPSA) is 65.4 Å². The van der Waals surface area contributed by atoms with Crippen molar-refractivity contribution in [2.24, 2.45) is 0 Å². The van der Waals surface area contributed by atoms with Gasteiger partial charge in [0.15, 0.2) is 11.5 Å². The standard InChI is InChI=1S/C19H19N3O3/c1-2-22-16-10-15(6-5-14(16)11-20-22)21-19(23)8-4-13-3-7-17-18(9-13)25-12-24-17/h3,5-7,9-11H,2,4,8,12H2,1H3,(H,21,23). The maximum atomic E-state index is 12.3. The highest BCUT2D eigenvalue weighted by molar-refractivity contribution is 5.93. The largest absolute Gasteiger partial charge is 0.454 e. The van der Waals surface area contributed by atoms with Gasteiger partial charge < -0.3 is 14.8 Å². The molecule has 25 heavy (non-hydrogen) atoms. The second-order valence-electron chi connectivity index (χ2n) is 5.97. The van der Waals surface area contributed by atoms with Crippen molar-refractivity contribution in [2.45, 2.75) is 26.3 Å². The summed E-state index contributed by atoms with van der Waals surface area (Å²) in [7, 11) is 0. The fourth-order valence-corrected chi connectivity index (χ4v) is 2.98. The summed E-state index contributed by atoms with van der Waals surface area (Å²) >= 11 is 0. The third-order valence-electron chi connectivity index (χ3n) is 4.31. The molecule has 0 saturated heterocycles. The smallest absolute Gasteiger partial charge is 0.231 e. The van der Waals surface area contributed by atoms with Crippen LogP contribution < -0.4 is 14.8 Å². The van der Waals surface area contributed by atoms with Gasteiger partial charge in [0.1, 0.15) is 0 Å². The molecule has 3 aromatic rings. The van der Waals surface area contributed by atoms with Crippen LogP contribution in [0.25, 0.3) is 10.9 Å². The van der Waals surface area contributed by atoms with Crippen molar-refractivity contribution in [2.75, 3.05) is 12.1 Å². The zero-order valence-electron chi connectivity index (χ0n) is 14.0. The normalized spacial score (nSPS) is 12.5. The van der Waals surface area contributed by atoms with Crippen LogP contribution in [0, 0.1) is 0 Å². The summed E-state index contributed by atoms with van der Waals surface area (Å²) in [5.74, 6) is 1.49. The number of fused-ring (bicyclic) bond motifs is 2. The van der Waals surface area contributed by atoms with Crippen LogP contribution in [0.15, 0.2) is 42.6 Å². The Balaban J connectivity index is 1.40. The summed E-state index contributed by atoms with van der Waals surface area (Å²) in [5, 5.41) is 8.35. The lowest BCUT2D eigenvalue weighted by molar-refractivity contribution is -0.116. The van der Waals surface area contributed by atoms with Crippen LogP contribution in [0.5, 0.6) is 11.5 Å². The van der Waals surface area contributed by atoms with Crippen molar-refractivity contribution in [3.8, 4) is 11.5 Å². The Morgan fingerprint density at radius 1 is 1.20 bits per heavy atom. The molecular formula is C19H19N3O3. The lowest BCUT2D eigenvalue weighted by atomic mass is 10.1. The number of nitrogens with zero attached hydrogens (tertiary/aromatic N) is 2. The first kappa shape index (κ1) is 15.5. The van der Waals surface area contributed by atoms with Gasteiger partial charge >= 0.3 is 0 Å². The molecule has 0 unspecified atom stereocenters. The molecule has 1 aliphatic rings. The number of nitrogens with one attached hydrogen (secondary N) is 1. The van der Waals surface area contributed by atoms with Gasteiger partial charge in [0.25, 0.3) is 0 Å². The molecule has 1 N–H and O–H groups in total. The number of aryl methyl sites for hydroxylation is 2. The molecule has 128 valence electrons. The Morgan fingerprint density at radius 2 is 2.08 bits per heavy atom. The third-order valence-corrected chi connectivity index (χ3v) is 4.31. The summed E-state index contributed by atoms with van der Waals surface area (Å²) in [4.78, 5) is 12.3. The highest BCUT2D eigenvalue weighted by Crippen LogP contribution is 2.32. The summed E-state index contributed by atoms with van der Waals surface area (Å²) in [6.07, 6.45) is 2.90. The first-order valence-corrected chi connectivity index (χ1v) is 8.37. The van der Waals surface area contributed by atoms with Gasteiger partial charge in [-0.25, -0.2) is 0 Å². The molecule has 0 aliphatic carbocycles. The van der Waals surface area contributed by atoms with Gasteiger partial charge in [-0.05, 0) is 49.2 Å². The van der Waals surface area contributed by atoms with Crippen molar-refractivity contribution < 1.29 is 14.3 Å². The summed E-state index contributed by atoms with van der Waals surface area (Å²) in [5.41, 5.74) is 2.87. The highest BCUT2D eigenvalue weighted by Gasteiger charge is 2.13. The minimum absolute atomic E-state index is 0.0143. The van der Waals surface area contributed by atoms with Gasteiger partial charge in [0.05, 0.1) is 11.7 Å². The lowest BCUT2D eigenvalue weighted by Gasteiger charge is -2.07. The molecule has 0 radical (unpaired) electrons. The second-order valence-corrected chi connectivity index (χ2v) is 5.97. The molecule has 1 amide bonds. The molecule has 0 spiro atoms. The average Bonchev–Trinajstić information content (AvgIpc) is 3.25. The van der Waals surface area contributed by atoms with Crippen LogP contribution >= 0.6 is 0 Å². The van der Waals surface area contributed by atoms with Crippen LogP contribution in [-0.4, -0.2) is 22.5 Å². The number of hydrogen-bond donors (Lipinski definition) is 1. The van der Waals surface area contributed by atoms with Gasteiger partial charge in [0.2, 0.25) is 12.7 Å². The van der Waals surface area contributed by atoms with Gasteiger partial charge in [-0.1, -0.05) is 6.07 Å². The van der Waals surface area contributed by atoms with Crippen molar-refractivity contribution in [3.05, 3.63) is 48.2 Å². The van der Waals surface area contributed by atoms with E-state index in [1.807, 2.05) is 54.2 Å². The van der Waals surface area contributed by atoms with Gasteiger partial charge in [0, 0.05) is 24.0 Å². The van der Waals surface area contributed by atoms with Gasteiger partial charge in [-0.2, -0.15) is 5.10 Å². The van der Waals surface area contributed by atoms with Crippen LogP contribution in [0.1, 0.15) is 18.9 Å². The van der Waals surface area contributed by atoms with Crippen LogP contribution in [0.2, 0.25) is 0 Å². The first-order chi connectivity index (χ1) is 12.2. The van der Waals surface area contributed by atoms with E-state index < -0.39 is 0 Å². The molecule has 0 atom stereocenters. The molecule has 6 nitrogen and oxygen atoms in total. The maximum Gasteiger partial charge on any atom is 0.231 e. The molecule has 2 aromatic carbocycles. The Bertz CT molecular complexity index is 933. The first-order valence-electron chi connectivity index (χ1n) is 8.37. The Labute approximate surface area is 145 Å². The van der Waals surface area contributed by atoms with E-state index in [2.05, 4.69) is 10.4 Å². The maximum absolute atomic E-state index is 12.3. The molecule has 1 aromatic heterocycles. The number of carbonyl (C=O) groups is 1. The summed E-state index contributed by atoms with van der Waals surface area (Å²) in [6, 6.07) is 11.6. The second kappa shape index (κ2) is 6.47. The van der Waals surface area contributed by atoms with Crippen molar-refractivity contribution >= 4 is 22.5 Å². The number of hydrogen-bond acceptors (Lipinski definition) is 4. The minimum atomic E-state index is -0.0143. The lowest BCUT2D eigenvalue weighted by Crippen LogP contribution is -2.12. The van der Waals surface area contributed by atoms with Crippen molar-refractivity contribution in [1.82, 2.24) is 9.78 Å². The number of aromatic nitrogens is 2. The molecule has 1 aliphatic heterocycles. The molecule has 4 rings (SSSR count). The SMILES string of the molecule is CCn1ncc2ccc(NC(=O)CCc3ccc4c(c3)OCO4)cc21. The number of benzene rings is 2. The molecule has 0 saturated carbocycles. The van der Waals surface area contributed by atoms with E-state index in [0.29, 0.717) is 12.8 Å². The molecule has 0 fully saturated rings. The number of amides is 1. The zero-order valence-corrected chi connectivity index (χ0v) is 14.0. The van der Waals surface area contributed by atoms with Crippen LogP contribution in [0.4, 0.5) is 5.69 Å². The number of carbonyl (C=O) groups excluding carboxylic acids is 1. The predicted octanol–water partition coefficient (Wildman–Crippen LogP) is 3.36. The fraction of sp³-hybridized carbons (Fsp3) is 0.263. The molecule has 6 heteroatoms. The van der Waals surface area contributed by atoms with E-state index in [4.69, 9.17) is 9.47 Å². The van der Waals surface area contributed by atoms with E-state index in [9.17, 15) is 4.79 Å². The zero-order chi connectivity index (χ0) is 17.2. The molecule has 2 heterocycles. The van der Waals surface area contributed by atoms with Gasteiger partial charge in [-0.15, -0.1) is 0 Å². The van der Waals surface area contributed by atoms with E-state index in [1.165, 1.54) is 0 Å². The number of anilines is 1. The van der Waals surface area contributed by atoms with Gasteiger partial charge in [-0.3, -0.25) is 9.48 Å².